The van der Waals surface area contributed by atoms with Crippen molar-refractivity contribution in [3.8, 4) is 5.75 Å². The molecule has 0 radical (unpaired) electrons. The van der Waals surface area contributed by atoms with E-state index >= 15 is 0 Å². The Balaban J connectivity index is 1.41. The molecule has 2 aromatic rings. The van der Waals surface area contributed by atoms with Crippen LogP contribution in [0.1, 0.15) is 120 Å². The minimum atomic E-state index is -0.226. The number of phenolic OH excluding ortho intramolecular Hbond substituents is 1. The highest BCUT2D eigenvalue weighted by Crippen LogP contribution is 2.26. The van der Waals surface area contributed by atoms with E-state index in [1.807, 2.05) is 18.2 Å². The fourth-order valence-electron chi connectivity index (χ4n) is 4.28. The van der Waals surface area contributed by atoms with Crippen LogP contribution in [0.2, 0.25) is 0 Å². The first-order chi connectivity index (χ1) is 15.7. The number of hydrogen-bond acceptors (Lipinski definition) is 3. The van der Waals surface area contributed by atoms with Gasteiger partial charge in [0.2, 0.25) is 0 Å². The summed E-state index contributed by atoms with van der Waals surface area (Å²) in [5.74, 6) is -0.261. The van der Waals surface area contributed by atoms with Crippen LogP contribution in [0.15, 0.2) is 30.5 Å². The molecule has 0 aliphatic heterocycles. The lowest BCUT2D eigenvalue weighted by Gasteiger charge is -2.08. The molecule has 0 fully saturated rings. The normalized spacial score (nSPS) is 11.2. The average Bonchev–Trinajstić information content (AvgIpc) is 2.81. The summed E-state index contributed by atoms with van der Waals surface area (Å²) in [6.07, 6.45) is 23.1. The molecule has 1 aromatic carbocycles. The molecule has 0 aliphatic carbocycles. The third-order valence-corrected chi connectivity index (χ3v) is 6.31. The van der Waals surface area contributed by atoms with Gasteiger partial charge in [-0.15, -0.1) is 0 Å². The minimum absolute atomic E-state index is 0.0347. The van der Waals surface area contributed by atoms with Crippen molar-refractivity contribution in [2.75, 3.05) is 6.54 Å². The number of carbonyl (C=O) groups is 1. The number of benzene rings is 1. The Morgan fingerprint density at radius 1 is 0.781 bits per heavy atom. The molecule has 0 saturated heterocycles. The Kier molecular flexibility index (Phi) is 13.5. The molecule has 1 amide bonds. The molecule has 4 nitrogen and oxygen atoms in total. The second-order valence-corrected chi connectivity index (χ2v) is 9.10. The van der Waals surface area contributed by atoms with Crippen LogP contribution in [0.3, 0.4) is 0 Å². The molecule has 4 heteroatoms. The zero-order valence-corrected chi connectivity index (χ0v) is 20.2. The Bertz CT molecular complexity index is 775. The summed E-state index contributed by atoms with van der Waals surface area (Å²) in [7, 11) is 0. The van der Waals surface area contributed by atoms with Crippen LogP contribution < -0.4 is 5.32 Å². The first-order valence-electron chi connectivity index (χ1n) is 13.1. The lowest BCUT2D eigenvalue weighted by Crippen LogP contribution is -2.24. The summed E-state index contributed by atoms with van der Waals surface area (Å²) in [6.45, 7) is 2.93. The zero-order valence-electron chi connectivity index (χ0n) is 20.2. The maximum absolute atomic E-state index is 12.4. The van der Waals surface area contributed by atoms with Crippen molar-refractivity contribution in [1.29, 1.82) is 0 Å². The molecular formula is C28H44N2O2. The van der Waals surface area contributed by atoms with Gasteiger partial charge >= 0.3 is 0 Å². The molecule has 2 rings (SSSR count). The van der Waals surface area contributed by atoms with Gasteiger partial charge in [-0.25, -0.2) is 0 Å². The number of hydrogen-bond donors (Lipinski definition) is 2. The van der Waals surface area contributed by atoms with Crippen LogP contribution >= 0.6 is 0 Å². The van der Waals surface area contributed by atoms with Crippen molar-refractivity contribution < 1.29 is 9.90 Å². The van der Waals surface area contributed by atoms with Gasteiger partial charge in [0.15, 0.2) is 5.75 Å². The quantitative estimate of drug-likeness (QED) is 0.231. The van der Waals surface area contributed by atoms with Crippen LogP contribution in [0, 0.1) is 0 Å². The minimum Gasteiger partial charge on any atom is -0.505 e. The lowest BCUT2D eigenvalue weighted by atomic mass is 10.0. The van der Waals surface area contributed by atoms with Gasteiger partial charge in [-0.05, 0) is 18.6 Å². The second-order valence-electron chi connectivity index (χ2n) is 9.10. The molecule has 0 atom stereocenters. The van der Waals surface area contributed by atoms with Crippen molar-refractivity contribution >= 4 is 16.8 Å². The Labute approximate surface area is 195 Å². The summed E-state index contributed by atoms with van der Waals surface area (Å²) in [4.78, 5) is 16.5. The van der Waals surface area contributed by atoms with Crippen LogP contribution in [-0.2, 0) is 0 Å². The molecule has 2 N–H and O–H groups in total. The monoisotopic (exact) mass is 440 g/mol. The number of nitrogens with one attached hydrogen (secondary N) is 1. The zero-order chi connectivity index (χ0) is 22.9. The molecule has 0 saturated carbocycles. The summed E-state index contributed by atoms with van der Waals surface area (Å²) in [5.41, 5.74) is 0.773. The molecule has 178 valence electrons. The highest BCUT2D eigenvalue weighted by atomic mass is 16.3. The fourth-order valence-corrected chi connectivity index (χ4v) is 4.28. The maximum atomic E-state index is 12.4. The number of fused-ring (bicyclic) bond motifs is 1. The predicted molar refractivity (Wildman–Crippen MR) is 135 cm³/mol. The molecule has 32 heavy (non-hydrogen) atoms. The number of nitrogens with zero attached hydrogens (tertiary/aromatic N) is 1. The lowest BCUT2D eigenvalue weighted by molar-refractivity contribution is 0.0950. The van der Waals surface area contributed by atoms with Gasteiger partial charge in [-0.1, -0.05) is 115 Å². The molecule has 0 unspecified atom stereocenters. The number of aromatic hydroxyl groups is 1. The molecule has 0 spiro atoms. The van der Waals surface area contributed by atoms with Crippen molar-refractivity contribution in [3.63, 3.8) is 0 Å². The van der Waals surface area contributed by atoms with E-state index in [4.69, 9.17) is 0 Å². The number of unbranched alkanes of at least 4 members (excludes halogenated alkanes) is 15. The predicted octanol–water partition coefficient (Wildman–Crippen LogP) is 7.93. The van der Waals surface area contributed by atoms with Gasteiger partial charge in [-0.3, -0.25) is 9.78 Å². The van der Waals surface area contributed by atoms with Gasteiger partial charge in [0, 0.05) is 18.1 Å². The topological polar surface area (TPSA) is 62.2 Å². The summed E-state index contributed by atoms with van der Waals surface area (Å²) < 4.78 is 0. The largest absolute Gasteiger partial charge is 0.505 e. The van der Waals surface area contributed by atoms with Gasteiger partial charge in [0.05, 0.1) is 5.56 Å². The van der Waals surface area contributed by atoms with Crippen LogP contribution in [0.25, 0.3) is 10.9 Å². The highest BCUT2D eigenvalue weighted by Gasteiger charge is 2.13. The van der Waals surface area contributed by atoms with E-state index in [-0.39, 0.29) is 11.7 Å². The standard InChI is InChI=1S/C28H44N2O2/c1-2-3-4-5-6-7-8-9-10-11-12-13-14-15-16-17-22-30-28(32)25-21-20-24-19-18-23-29-26(24)27(25)31/h18-21,23,31H,2-17,22H2,1H3,(H,30,32). The van der Waals surface area contributed by atoms with Gasteiger partial charge in [-0.2, -0.15) is 0 Å². The number of pyridine rings is 1. The van der Waals surface area contributed by atoms with Crippen molar-refractivity contribution in [2.24, 2.45) is 0 Å². The van der Waals surface area contributed by atoms with Gasteiger partial charge in [0.1, 0.15) is 5.52 Å². The third-order valence-electron chi connectivity index (χ3n) is 6.31. The van der Waals surface area contributed by atoms with Crippen molar-refractivity contribution in [3.05, 3.63) is 36.0 Å². The molecular weight excluding hydrogens is 396 g/mol. The summed E-state index contributed by atoms with van der Waals surface area (Å²) in [5, 5.41) is 14.1. The van der Waals surface area contributed by atoms with E-state index in [9.17, 15) is 9.90 Å². The van der Waals surface area contributed by atoms with E-state index in [2.05, 4.69) is 17.2 Å². The Morgan fingerprint density at radius 3 is 1.88 bits per heavy atom. The van der Waals surface area contributed by atoms with E-state index in [1.165, 1.54) is 89.9 Å². The summed E-state index contributed by atoms with van der Waals surface area (Å²) in [6, 6.07) is 7.19. The number of carbonyl (C=O) groups excluding carboxylic acids is 1. The maximum Gasteiger partial charge on any atom is 0.255 e. The second kappa shape index (κ2) is 16.5. The first-order valence-corrected chi connectivity index (χ1v) is 13.1. The van der Waals surface area contributed by atoms with E-state index in [1.54, 1.807) is 12.3 Å². The average molecular weight is 441 g/mol. The smallest absolute Gasteiger partial charge is 0.255 e. The van der Waals surface area contributed by atoms with Gasteiger partial charge < -0.3 is 10.4 Å². The summed E-state index contributed by atoms with van der Waals surface area (Å²) >= 11 is 0. The molecule has 1 aromatic heterocycles. The number of aromatic nitrogens is 1. The fraction of sp³-hybridized carbons (Fsp3) is 0.643. The van der Waals surface area contributed by atoms with Crippen molar-refractivity contribution in [1.82, 2.24) is 10.3 Å². The first kappa shape index (κ1) is 26.2. The molecule has 0 aliphatic rings. The van der Waals surface area contributed by atoms with Crippen LogP contribution in [0.5, 0.6) is 5.75 Å². The van der Waals surface area contributed by atoms with Crippen molar-refractivity contribution in [2.45, 2.75) is 110 Å². The number of phenols is 1. The Morgan fingerprint density at radius 2 is 1.31 bits per heavy atom. The van der Waals surface area contributed by atoms with E-state index in [0.29, 0.717) is 17.6 Å². The third kappa shape index (κ3) is 10.0. The van der Waals surface area contributed by atoms with E-state index < -0.39 is 0 Å². The molecule has 1 heterocycles. The van der Waals surface area contributed by atoms with Gasteiger partial charge in [0.25, 0.3) is 5.91 Å². The van der Waals surface area contributed by atoms with Crippen LogP contribution in [0.4, 0.5) is 0 Å². The Hall–Kier alpha value is -2.10. The SMILES string of the molecule is CCCCCCCCCCCCCCCCCCNC(=O)c1ccc2cccnc2c1O. The van der Waals surface area contributed by atoms with E-state index in [0.717, 1.165) is 18.2 Å². The highest BCUT2D eigenvalue weighted by molar-refractivity contribution is 6.02. The molecule has 0 bridgehead atoms. The number of amides is 1. The van der Waals surface area contributed by atoms with Crippen LogP contribution in [-0.4, -0.2) is 22.5 Å². The number of rotatable bonds is 18.